The van der Waals surface area contributed by atoms with E-state index in [1.54, 1.807) is 32.9 Å². The van der Waals surface area contributed by atoms with E-state index >= 15 is 0 Å². The third-order valence-corrected chi connectivity index (χ3v) is 8.40. The Kier molecular flexibility index (Phi) is 5.32. The average molecular weight is 522 g/mol. The maximum absolute atomic E-state index is 14.6. The van der Waals surface area contributed by atoms with Crippen molar-refractivity contribution in [3.8, 4) is 11.4 Å². The molecule has 4 heterocycles. The number of nitrogens with zero attached hydrogens (tertiary/aromatic N) is 2. The minimum atomic E-state index is -1.96. The number of aromatic nitrogens is 2. The predicted octanol–water partition coefficient (Wildman–Crippen LogP) is 2.62. The summed E-state index contributed by atoms with van der Waals surface area (Å²) in [5, 5.41) is 25.2. The highest BCUT2D eigenvalue weighted by molar-refractivity contribution is 5.91. The zero-order chi connectivity index (χ0) is 27.1. The van der Waals surface area contributed by atoms with Crippen molar-refractivity contribution in [1.29, 1.82) is 0 Å². The fourth-order valence-corrected chi connectivity index (χ4v) is 5.88. The number of carbonyl (C=O) groups excluding carboxylic acids is 2. The van der Waals surface area contributed by atoms with Gasteiger partial charge in [0.15, 0.2) is 5.60 Å². The van der Waals surface area contributed by atoms with Gasteiger partial charge in [-0.3, -0.25) is 9.59 Å². The van der Waals surface area contributed by atoms with Crippen LogP contribution in [0.5, 0.6) is 0 Å². The highest BCUT2D eigenvalue weighted by Crippen LogP contribution is 2.42. The summed E-state index contributed by atoms with van der Waals surface area (Å²) < 4.78 is 21.3. The van der Waals surface area contributed by atoms with Crippen molar-refractivity contribution in [3.05, 3.63) is 62.2 Å². The molecule has 0 radical (unpaired) electrons. The molecular formula is C28H28FN3O6. The Labute approximate surface area is 217 Å². The van der Waals surface area contributed by atoms with Gasteiger partial charge in [-0.05, 0) is 62.8 Å². The molecule has 3 N–H and O–H groups in total. The molecule has 1 aromatic carbocycles. The van der Waals surface area contributed by atoms with Crippen molar-refractivity contribution in [1.82, 2.24) is 14.9 Å². The normalized spacial score (nSPS) is 21.7. The van der Waals surface area contributed by atoms with E-state index in [1.807, 2.05) is 0 Å². The summed E-state index contributed by atoms with van der Waals surface area (Å²) in [6, 6.07) is 4.00. The van der Waals surface area contributed by atoms with Gasteiger partial charge in [0.25, 0.3) is 11.5 Å². The molecule has 2 aliphatic heterocycles. The average Bonchev–Trinajstić information content (AvgIpc) is 3.22. The summed E-state index contributed by atoms with van der Waals surface area (Å²) in [4.78, 5) is 43.7. The number of cyclic esters (lactones) is 1. The number of esters is 1. The molecule has 0 unspecified atom stereocenters. The fourth-order valence-electron chi connectivity index (χ4n) is 5.88. The van der Waals surface area contributed by atoms with E-state index in [2.05, 4.69) is 5.32 Å². The standard InChI is InChI=1S/C28H28FN3O6/c1-4-28(37)18-9-21-23-16(11-32(21)24(33)17(18)12-38-26(28)35)22(14(3)30-25(34)27(36)6-5-7-27)15-8-13(2)19(29)10-20(15)31-23/h8-10,14,36-37H,4-7,11-12H2,1-3H3,(H,30,34)/t14-,28-/m0/s1. The Morgan fingerprint density at radius 1 is 1.24 bits per heavy atom. The predicted molar refractivity (Wildman–Crippen MR) is 135 cm³/mol. The van der Waals surface area contributed by atoms with Gasteiger partial charge in [-0.1, -0.05) is 6.92 Å². The summed E-state index contributed by atoms with van der Waals surface area (Å²) in [5.74, 6) is -1.73. The first-order valence-electron chi connectivity index (χ1n) is 12.8. The minimum Gasteiger partial charge on any atom is -0.458 e. The smallest absolute Gasteiger partial charge is 0.343 e. The van der Waals surface area contributed by atoms with E-state index in [4.69, 9.17) is 9.72 Å². The number of hydrogen-bond donors (Lipinski definition) is 3. The molecule has 9 nitrogen and oxygen atoms in total. The second kappa shape index (κ2) is 8.18. The van der Waals surface area contributed by atoms with Crippen LogP contribution in [0.3, 0.4) is 0 Å². The number of aliphatic hydroxyl groups is 2. The lowest BCUT2D eigenvalue weighted by Gasteiger charge is -2.36. The summed E-state index contributed by atoms with van der Waals surface area (Å²) in [5.41, 5.74) is -0.495. The van der Waals surface area contributed by atoms with Crippen molar-refractivity contribution in [3.63, 3.8) is 0 Å². The van der Waals surface area contributed by atoms with Crippen molar-refractivity contribution >= 4 is 22.8 Å². The Morgan fingerprint density at radius 3 is 2.63 bits per heavy atom. The highest BCUT2D eigenvalue weighted by atomic mass is 19.1. The van der Waals surface area contributed by atoms with Crippen LogP contribution in [0.15, 0.2) is 23.0 Å². The van der Waals surface area contributed by atoms with Crippen LogP contribution in [-0.2, 0) is 33.1 Å². The van der Waals surface area contributed by atoms with Crippen molar-refractivity contribution in [2.75, 3.05) is 0 Å². The van der Waals surface area contributed by atoms with Crippen molar-refractivity contribution < 1.29 is 28.9 Å². The highest BCUT2D eigenvalue weighted by Gasteiger charge is 2.46. The van der Waals surface area contributed by atoms with Crippen LogP contribution in [0.1, 0.15) is 73.4 Å². The van der Waals surface area contributed by atoms with Gasteiger partial charge in [0.05, 0.1) is 35.1 Å². The molecule has 0 spiro atoms. The minimum absolute atomic E-state index is 0.0153. The number of benzene rings is 1. The number of halogens is 1. The summed E-state index contributed by atoms with van der Waals surface area (Å²) >= 11 is 0. The number of amides is 1. The van der Waals surface area contributed by atoms with Crippen LogP contribution < -0.4 is 10.9 Å². The Balaban J connectivity index is 1.57. The molecule has 2 atom stereocenters. The van der Waals surface area contributed by atoms with E-state index in [1.165, 1.54) is 10.6 Å². The first kappa shape index (κ1) is 24.7. The van der Waals surface area contributed by atoms with E-state index in [-0.39, 0.29) is 30.7 Å². The molecule has 2 aromatic heterocycles. The zero-order valence-electron chi connectivity index (χ0n) is 21.4. The largest absolute Gasteiger partial charge is 0.458 e. The lowest BCUT2D eigenvalue weighted by molar-refractivity contribution is -0.172. The molecule has 0 saturated heterocycles. The molecule has 3 aliphatic rings. The van der Waals surface area contributed by atoms with Gasteiger partial charge < -0.3 is 24.8 Å². The molecular weight excluding hydrogens is 493 g/mol. The number of fused-ring (bicyclic) bond motifs is 5. The summed E-state index contributed by atoms with van der Waals surface area (Å²) in [6.45, 7) is 4.94. The Hall–Kier alpha value is -3.63. The van der Waals surface area contributed by atoms with Crippen molar-refractivity contribution in [2.45, 2.75) is 76.9 Å². The van der Waals surface area contributed by atoms with E-state index < -0.39 is 40.5 Å². The number of hydrogen-bond acceptors (Lipinski definition) is 7. The lowest BCUT2D eigenvalue weighted by Crippen LogP contribution is -2.52. The van der Waals surface area contributed by atoms with Crippen LogP contribution in [0.4, 0.5) is 4.39 Å². The maximum Gasteiger partial charge on any atom is 0.343 e. The molecule has 0 bridgehead atoms. The van der Waals surface area contributed by atoms with Gasteiger partial charge >= 0.3 is 5.97 Å². The van der Waals surface area contributed by atoms with Gasteiger partial charge in [0.1, 0.15) is 18.0 Å². The molecule has 198 valence electrons. The molecule has 1 saturated carbocycles. The third kappa shape index (κ3) is 3.29. The second-order valence-electron chi connectivity index (χ2n) is 10.7. The topological polar surface area (TPSA) is 131 Å². The van der Waals surface area contributed by atoms with Crippen LogP contribution >= 0.6 is 0 Å². The van der Waals surface area contributed by atoms with Crippen LogP contribution in [0, 0.1) is 12.7 Å². The van der Waals surface area contributed by atoms with Crippen LogP contribution in [-0.4, -0.2) is 37.2 Å². The first-order chi connectivity index (χ1) is 18.0. The molecule has 38 heavy (non-hydrogen) atoms. The van der Waals surface area contributed by atoms with E-state index in [9.17, 15) is 29.0 Å². The molecule has 3 aromatic rings. The third-order valence-electron chi connectivity index (χ3n) is 8.40. The molecule has 10 heteroatoms. The van der Waals surface area contributed by atoms with Gasteiger partial charge in [0.2, 0.25) is 0 Å². The number of carbonyl (C=O) groups is 2. The number of nitrogens with one attached hydrogen (secondary N) is 1. The SMILES string of the molecule is CC[C@@]1(O)C(=O)OCc2c1cc1n(c2=O)Cc2c-1nc1cc(F)c(C)cc1c2[C@H](C)NC(=O)C1(O)CCC1. The summed E-state index contributed by atoms with van der Waals surface area (Å²) in [7, 11) is 0. The van der Waals surface area contributed by atoms with E-state index in [0.29, 0.717) is 51.8 Å². The number of pyridine rings is 2. The van der Waals surface area contributed by atoms with Gasteiger partial charge in [-0.25, -0.2) is 14.2 Å². The van der Waals surface area contributed by atoms with Gasteiger partial charge in [-0.2, -0.15) is 0 Å². The quantitative estimate of drug-likeness (QED) is 0.352. The first-order valence-corrected chi connectivity index (χ1v) is 12.8. The fraction of sp³-hybridized carbons (Fsp3) is 0.429. The Morgan fingerprint density at radius 2 is 1.97 bits per heavy atom. The molecule has 1 fully saturated rings. The monoisotopic (exact) mass is 521 g/mol. The van der Waals surface area contributed by atoms with Crippen LogP contribution in [0.2, 0.25) is 0 Å². The van der Waals surface area contributed by atoms with E-state index in [0.717, 1.165) is 6.42 Å². The maximum atomic E-state index is 14.6. The number of rotatable bonds is 4. The number of ether oxygens (including phenoxy) is 1. The van der Waals surface area contributed by atoms with Crippen LogP contribution in [0.25, 0.3) is 22.3 Å². The molecule has 6 rings (SSSR count). The Bertz CT molecular complexity index is 1630. The second-order valence-corrected chi connectivity index (χ2v) is 10.7. The van der Waals surface area contributed by atoms with Gasteiger partial charge in [-0.15, -0.1) is 0 Å². The summed E-state index contributed by atoms with van der Waals surface area (Å²) in [6.07, 6.45) is 1.56. The molecule has 1 amide bonds. The number of aryl methyl sites for hydroxylation is 1. The zero-order valence-corrected chi connectivity index (χ0v) is 21.4. The lowest BCUT2D eigenvalue weighted by atomic mass is 9.79. The van der Waals surface area contributed by atoms with Crippen molar-refractivity contribution in [2.24, 2.45) is 0 Å². The van der Waals surface area contributed by atoms with Gasteiger partial charge in [0, 0.05) is 22.6 Å². The molecule has 1 aliphatic carbocycles.